The Morgan fingerprint density at radius 3 is 2.95 bits per heavy atom. The second kappa shape index (κ2) is 5.59. The number of hydrogen-bond donors (Lipinski definition) is 3. The second-order valence-corrected chi connectivity index (χ2v) is 4.78. The van der Waals surface area contributed by atoms with Crippen LogP contribution >= 0.6 is 11.6 Å². The summed E-state index contributed by atoms with van der Waals surface area (Å²) in [6.07, 6.45) is -1.61. The van der Waals surface area contributed by atoms with E-state index >= 15 is 0 Å². The molecule has 0 radical (unpaired) electrons. The Morgan fingerprint density at radius 1 is 1.53 bits per heavy atom. The SMILES string of the molecule is Cc1cc2[nH]c(CNC(=O)C(O)CF)cc2cc1Cl. The van der Waals surface area contributed by atoms with Gasteiger partial charge in [0.05, 0.1) is 6.54 Å². The number of alkyl halides is 1. The molecular weight excluding hydrogens is 271 g/mol. The highest BCUT2D eigenvalue weighted by atomic mass is 35.5. The largest absolute Gasteiger partial charge is 0.381 e. The molecular formula is C13H14ClFN2O2. The Bertz CT molecular complexity index is 573. The normalized spacial score (nSPS) is 12.6. The third kappa shape index (κ3) is 3.05. The number of benzene rings is 1. The molecule has 0 aliphatic carbocycles. The van der Waals surface area contributed by atoms with Crippen molar-refractivity contribution < 1.29 is 14.3 Å². The van der Waals surface area contributed by atoms with E-state index in [0.29, 0.717) is 5.02 Å². The molecule has 6 heteroatoms. The van der Waals surface area contributed by atoms with Crippen LogP contribution in [0.5, 0.6) is 0 Å². The maximum atomic E-state index is 12.1. The Labute approximate surface area is 114 Å². The summed E-state index contributed by atoms with van der Waals surface area (Å²) in [5.74, 6) is -0.727. The number of aromatic nitrogens is 1. The maximum Gasteiger partial charge on any atom is 0.251 e. The summed E-state index contributed by atoms with van der Waals surface area (Å²) in [5, 5.41) is 13.1. The Morgan fingerprint density at radius 2 is 2.26 bits per heavy atom. The van der Waals surface area contributed by atoms with Gasteiger partial charge in [-0.2, -0.15) is 0 Å². The van der Waals surface area contributed by atoms with Gasteiger partial charge >= 0.3 is 0 Å². The Hall–Kier alpha value is -1.59. The number of carbonyl (C=O) groups excluding carboxylic acids is 1. The molecule has 1 unspecified atom stereocenters. The molecule has 0 spiro atoms. The lowest BCUT2D eigenvalue weighted by atomic mass is 10.2. The number of H-pyrrole nitrogens is 1. The molecule has 2 aromatic rings. The van der Waals surface area contributed by atoms with Crippen molar-refractivity contribution in [2.75, 3.05) is 6.67 Å². The van der Waals surface area contributed by atoms with Crippen molar-refractivity contribution in [2.45, 2.75) is 19.6 Å². The summed E-state index contributed by atoms with van der Waals surface area (Å²) in [4.78, 5) is 14.4. The number of rotatable bonds is 4. The lowest BCUT2D eigenvalue weighted by molar-refractivity contribution is -0.130. The standard InChI is InChI=1S/C13H14ClFN2O2/c1-7-2-11-8(4-10(7)14)3-9(17-11)6-16-13(19)12(18)5-15/h2-4,12,17-18H,5-6H2,1H3,(H,16,19). The highest BCUT2D eigenvalue weighted by Crippen LogP contribution is 2.23. The molecule has 102 valence electrons. The molecule has 0 saturated heterocycles. The van der Waals surface area contributed by atoms with E-state index in [1.165, 1.54) is 0 Å². The number of halogens is 2. The molecule has 0 saturated carbocycles. The number of aliphatic hydroxyl groups is 1. The van der Waals surface area contributed by atoms with Gasteiger partial charge in [-0.1, -0.05) is 11.6 Å². The highest BCUT2D eigenvalue weighted by Gasteiger charge is 2.14. The van der Waals surface area contributed by atoms with Crippen molar-refractivity contribution in [2.24, 2.45) is 0 Å². The van der Waals surface area contributed by atoms with Crippen molar-refractivity contribution in [3.8, 4) is 0 Å². The molecule has 1 atom stereocenters. The van der Waals surface area contributed by atoms with Crippen LogP contribution in [-0.4, -0.2) is 28.8 Å². The predicted octanol–water partition coefficient (Wildman–Crippen LogP) is 2.08. The zero-order valence-corrected chi connectivity index (χ0v) is 11.1. The van der Waals surface area contributed by atoms with Crippen molar-refractivity contribution in [3.63, 3.8) is 0 Å². The van der Waals surface area contributed by atoms with Gasteiger partial charge in [0, 0.05) is 21.6 Å². The van der Waals surface area contributed by atoms with Crippen LogP contribution in [-0.2, 0) is 11.3 Å². The second-order valence-electron chi connectivity index (χ2n) is 4.37. The molecule has 1 aromatic carbocycles. The first-order valence-corrected chi connectivity index (χ1v) is 6.18. The summed E-state index contributed by atoms with van der Waals surface area (Å²) < 4.78 is 12.1. The van der Waals surface area contributed by atoms with E-state index in [0.717, 1.165) is 22.2 Å². The number of hydrogen-bond acceptors (Lipinski definition) is 2. The Kier molecular flexibility index (Phi) is 4.07. The molecule has 1 aromatic heterocycles. The van der Waals surface area contributed by atoms with Crippen LogP contribution in [0.1, 0.15) is 11.3 Å². The van der Waals surface area contributed by atoms with Crippen LogP contribution in [0.15, 0.2) is 18.2 Å². The third-order valence-electron chi connectivity index (χ3n) is 2.86. The van der Waals surface area contributed by atoms with Gasteiger partial charge in [0.2, 0.25) is 0 Å². The minimum Gasteiger partial charge on any atom is -0.381 e. The van der Waals surface area contributed by atoms with Crippen molar-refractivity contribution in [1.29, 1.82) is 0 Å². The molecule has 0 bridgehead atoms. The number of nitrogens with one attached hydrogen (secondary N) is 2. The van der Waals surface area contributed by atoms with Gasteiger partial charge in [-0.05, 0) is 30.7 Å². The number of carbonyl (C=O) groups is 1. The van der Waals surface area contributed by atoms with Crippen molar-refractivity contribution in [1.82, 2.24) is 10.3 Å². The van der Waals surface area contributed by atoms with Crippen LogP contribution in [0.3, 0.4) is 0 Å². The molecule has 1 amide bonds. The molecule has 0 fully saturated rings. The number of fused-ring (bicyclic) bond motifs is 1. The molecule has 4 nitrogen and oxygen atoms in total. The van der Waals surface area contributed by atoms with Gasteiger partial charge in [0.1, 0.15) is 6.67 Å². The number of amides is 1. The van der Waals surface area contributed by atoms with Crippen molar-refractivity contribution in [3.05, 3.63) is 34.5 Å². The van der Waals surface area contributed by atoms with E-state index in [1.807, 2.05) is 25.1 Å². The first-order valence-electron chi connectivity index (χ1n) is 5.80. The summed E-state index contributed by atoms with van der Waals surface area (Å²) in [6, 6.07) is 5.60. The maximum absolute atomic E-state index is 12.1. The van der Waals surface area contributed by atoms with Crippen molar-refractivity contribution >= 4 is 28.4 Å². The first-order chi connectivity index (χ1) is 9.01. The quantitative estimate of drug-likeness (QED) is 0.805. The van der Waals surface area contributed by atoms with E-state index in [-0.39, 0.29) is 6.54 Å². The van der Waals surface area contributed by atoms with Crippen LogP contribution in [0, 0.1) is 6.92 Å². The third-order valence-corrected chi connectivity index (χ3v) is 3.26. The topological polar surface area (TPSA) is 65.1 Å². The average molecular weight is 285 g/mol. The molecule has 19 heavy (non-hydrogen) atoms. The first kappa shape index (κ1) is 13.8. The van der Waals surface area contributed by atoms with Gasteiger partial charge in [0.25, 0.3) is 5.91 Å². The fourth-order valence-corrected chi connectivity index (χ4v) is 1.96. The molecule has 0 aliphatic rings. The summed E-state index contributed by atoms with van der Waals surface area (Å²) in [6.45, 7) is 1.01. The summed E-state index contributed by atoms with van der Waals surface area (Å²) in [7, 11) is 0. The minimum absolute atomic E-state index is 0.196. The van der Waals surface area contributed by atoms with Gasteiger partial charge in [-0.3, -0.25) is 4.79 Å². The molecule has 1 heterocycles. The fraction of sp³-hybridized carbons (Fsp3) is 0.308. The summed E-state index contributed by atoms with van der Waals surface area (Å²) in [5.41, 5.74) is 2.63. The van der Waals surface area contributed by atoms with E-state index in [1.54, 1.807) is 0 Å². The number of aromatic amines is 1. The van der Waals surface area contributed by atoms with Crippen LogP contribution in [0.4, 0.5) is 4.39 Å². The van der Waals surface area contributed by atoms with E-state index in [9.17, 15) is 9.18 Å². The molecule has 0 aliphatic heterocycles. The zero-order chi connectivity index (χ0) is 14.0. The number of aliphatic hydroxyl groups excluding tert-OH is 1. The van der Waals surface area contributed by atoms with E-state index < -0.39 is 18.7 Å². The summed E-state index contributed by atoms with van der Waals surface area (Å²) >= 11 is 6.03. The monoisotopic (exact) mass is 284 g/mol. The highest BCUT2D eigenvalue weighted by molar-refractivity contribution is 6.32. The van der Waals surface area contributed by atoms with E-state index in [4.69, 9.17) is 16.7 Å². The smallest absolute Gasteiger partial charge is 0.251 e. The predicted molar refractivity (Wildman–Crippen MR) is 71.9 cm³/mol. The van der Waals surface area contributed by atoms with Crippen LogP contribution in [0.25, 0.3) is 10.9 Å². The lowest BCUT2D eigenvalue weighted by Gasteiger charge is -2.06. The number of aryl methyl sites for hydroxylation is 1. The van der Waals surface area contributed by atoms with E-state index in [2.05, 4.69) is 10.3 Å². The fourth-order valence-electron chi connectivity index (χ4n) is 1.79. The Balaban J connectivity index is 2.12. The van der Waals surface area contributed by atoms with Crippen LogP contribution in [0.2, 0.25) is 5.02 Å². The molecule has 3 N–H and O–H groups in total. The molecule has 2 rings (SSSR count). The van der Waals surface area contributed by atoms with Gasteiger partial charge in [-0.15, -0.1) is 0 Å². The van der Waals surface area contributed by atoms with Gasteiger partial charge in [0.15, 0.2) is 6.10 Å². The van der Waals surface area contributed by atoms with Crippen LogP contribution < -0.4 is 5.32 Å². The zero-order valence-electron chi connectivity index (χ0n) is 10.3. The average Bonchev–Trinajstić information content (AvgIpc) is 2.77. The lowest BCUT2D eigenvalue weighted by Crippen LogP contribution is -2.35. The minimum atomic E-state index is -1.61. The van der Waals surface area contributed by atoms with Gasteiger partial charge < -0.3 is 15.4 Å². The van der Waals surface area contributed by atoms with Gasteiger partial charge in [-0.25, -0.2) is 4.39 Å².